The van der Waals surface area contributed by atoms with Gasteiger partial charge in [0.2, 0.25) is 0 Å². The van der Waals surface area contributed by atoms with Gasteiger partial charge in [-0.3, -0.25) is 0 Å². The summed E-state index contributed by atoms with van der Waals surface area (Å²) in [5.41, 5.74) is 1.80. The lowest BCUT2D eigenvalue weighted by Crippen LogP contribution is -2.35. The largest absolute Gasteiger partial charge is 0.508 e. The molecule has 0 spiro atoms. The molecule has 0 heterocycles. The minimum absolute atomic E-state index is 0.0105. The molecule has 4 rings (SSSR count). The van der Waals surface area contributed by atoms with Crippen LogP contribution < -0.4 is 0 Å². The van der Waals surface area contributed by atoms with E-state index in [4.69, 9.17) is 4.11 Å². The lowest BCUT2D eigenvalue weighted by atomic mass is 9.65. The monoisotopic (exact) mass is 271 g/mol. The summed E-state index contributed by atoms with van der Waals surface area (Å²) in [6.45, 7) is 1.99. The van der Waals surface area contributed by atoms with Crippen molar-refractivity contribution in [3.05, 3.63) is 41.4 Å². The molecule has 2 aromatic rings. The first kappa shape index (κ1) is 9.41. The van der Waals surface area contributed by atoms with Crippen LogP contribution in [0, 0.1) is 5.41 Å². The summed E-state index contributed by atoms with van der Waals surface area (Å²) in [6, 6.07) is 7.36. The summed E-state index contributed by atoms with van der Waals surface area (Å²) in [4.78, 5) is 0. The van der Waals surface area contributed by atoms with Crippen LogP contribution in [0.1, 0.15) is 47.3 Å². The molecule has 0 aromatic heterocycles. The average Bonchev–Trinajstić information content (AvgIpc) is 2.70. The molecule has 20 heavy (non-hydrogen) atoms. The predicted molar refractivity (Wildman–Crippen MR) is 80.0 cm³/mol. The Kier molecular flexibility index (Phi) is 1.87. The molecule has 2 unspecified atom stereocenters. The lowest BCUT2D eigenvalue weighted by Gasteiger charge is -2.40. The normalized spacial score (nSPS) is 36.8. The van der Waals surface area contributed by atoms with Gasteiger partial charge >= 0.3 is 0 Å². The van der Waals surface area contributed by atoms with E-state index in [0.29, 0.717) is 6.42 Å². The van der Waals surface area contributed by atoms with E-state index >= 15 is 0 Å². The van der Waals surface area contributed by atoms with Crippen LogP contribution in [0.15, 0.2) is 30.3 Å². The van der Waals surface area contributed by atoms with Gasteiger partial charge in [-0.2, -0.15) is 0 Å². The number of aliphatic hydroxyl groups is 1. The Balaban J connectivity index is 1.94. The molecule has 0 radical (unpaired) electrons. The number of aliphatic hydroxyl groups excluding tert-OH is 1. The zero-order chi connectivity index (χ0) is 16.6. The van der Waals surface area contributed by atoms with Crippen LogP contribution in [0.4, 0.5) is 0 Å². The Morgan fingerprint density at radius 3 is 3.05 bits per heavy atom. The first-order chi connectivity index (χ1) is 10.8. The highest BCUT2D eigenvalue weighted by atomic mass is 16.3. The van der Waals surface area contributed by atoms with Gasteiger partial charge in [-0.1, -0.05) is 25.1 Å². The summed E-state index contributed by atoms with van der Waals surface area (Å²) in [7, 11) is 0. The SMILES string of the molecule is [2H]c1c(O)ccc2c3c(ccc12)C1CC([2H])([2H])[C@H](O)C1(C)CC3. The maximum atomic E-state index is 10.5. The van der Waals surface area contributed by atoms with Crippen molar-refractivity contribution in [3.8, 4) is 5.75 Å². The van der Waals surface area contributed by atoms with Crippen molar-refractivity contribution in [1.82, 2.24) is 0 Å². The molecule has 2 nitrogen and oxygen atoms in total. The molecular weight excluding hydrogens is 248 g/mol. The molecule has 0 amide bonds. The van der Waals surface area contributed by atoms with Crippen LogP contribution in [0.3, 0.4) is 0 Å². The van der Waals surface area contributed by atoms with E-state index in [1.165, 1.54) is 0 Å². The van der Waals surface area contributed by atoms with Crippen LogP contribution in [0.2, 0.25) is 0 Å². The zero-order valence-corrected chi connectivity index (χ0v) is 11.5. The highest BCUT2D eigenvalue weighted by Gasteiger charge is 2.48. The summed E-state index contributed by atoms with van der Waals surface area (Å²) in [5.74, 6) is -0.0330. The Morgan fingerprint density at radius 2 is 2.20 bits per heavy atom. The first-order valence-electron chi connectivity index (χ1n) is 8.68. The van der Waals surface area contributed by atoms with Gasteiger partial charge in [0.15, 0.2) is 0 Å². The number of benzene rings is 2. The van der Waals surface area contributed by atoms with E-state index < -0.39 is 17.9 Å². The quantitative estimate of drug-likeness (QED) is 0.766. The first-order valence-corrected chi connectivity index (χ1v) is 7.18. The maximum Gasteiger partial charge on any atom is 0.116 e. The van der Waals surface area contributed by atoms with Gasteiger partial charge in [-0.15, -0.1) is 0 Å². The summed E-state index contributed by atoms with van der Waals surface area (Å²) >= 11 is 0. The van der Waals surface area contributed by atoms with Crippen molar-refractivity contribution in [3.63, 3.8) is 0 Å². The van der Waals surface area contributed by atoms with Crippen molar-refractivity contribution >= 4 is 10.8 Å². The Labute approximate surface area is 123 Å². The second-order valence-corrected chi connectivity index (χ2v) is 6.31. The maximum absolute atomic E-state index is 10.5. The minimum atomic E-state index is -1.56. The van der Waals surface area contributed by atoms with E-state index in [0.717, 1.165) is 34.7 Å². The van der Waals surface area contributed by atoms with Gasteiger partial charge < -0.3 is 10.2 Å². The fraction of sp³-hybridized carbons (Fsp3) is 0.444. The van der Waals surface area contributed by atoms with E-state index in [1.807, 2.05) is 25.1 Å². The van der Waals surface area contributed by atoms with Gasteiger partial charge in [-0.25, -0.2) is 0 Å². The fourth-order valence-corrected chi connectivity index (χ4v) is 3.99. The van der Waals surface area contributed by atoms with Crippen LogP contribution in [-0.4, -0.2) is 16.3 Å². The second-order valence-electron chi connectivity index (χ2n) is 6.31. The molecule has 1 fully saturated rings. The fourth-order valence-electron chi connectivity index (χ4n) is 3.99. The molecule has 2 aliphatic rings. The molecule has 2 aromatic carbocycles. The lowest BCUT2D eigenvalue weighted by molar-refractivity contribution is 0.0459. The number of fused-ring (bicyclic) bond motifs is 5. The van der Waals surface area contributed by atoms with Crippen LogP contribution >= 0.6 is 0 Å². The molecule has 2 aliphatic carbocycles. The molecule has 2 N–H and O–H groups in total. The van der Waals surface area contributed by atoms with Crippen LogP contribution in [0.5, 0.6) is 5.75 Å². The van der Waals surface area contributed by atoms with Gasteiger partial charge in [0.25, 0.3) is 0 Å². The van der Waals surface area contributed by atoms with E-state index in [2.05, 4.69) is 0 Å². The van der Waals surface area contributed by atoms with Gasteiger partial charge in [0.1, 0.15) is 5.75 Å². The number of hydrogen-bond acceptors (Lipinski definition) is 2. The molecule has 104 valence electrons. The van der Waals surface area contributed by atoms with Crippen molar-refractivity contribution in [2.75, 3.05) is 0 Å². The smallest absolute Gasteiger partial charge is 0.116 e. The van der Waals surface area contributed by atoms with Crippen molar-refractivity contribution < 1.29 is 14.3 Å². The van der Waals surface area contributed by atoms with Gasteiger partial charge in [-0.05, 0) is 65.6 Å². The minimum Gasteiger partial charge on any atom is -0.508 e. The van der Waals surface area contributed by atoms with Crippen molar-refractivity contribution in [2.45, 2.75) is 44.6 Å². The molecule has 3 atom stereocenters. The van der Waals surface area contributed by atoms with Crippen LogP contribution in [-0.2, 0) is 6.42 Å². The van der Waals surface area contributed by atoms with Crippen molar-refractivity contribution in [2.24, 2.45) is 5.41 Å². The highest BCUT2D eigenvalue weighted by molar-refractivity contribution is 5.88. The topological polar surface area (TPSA) is 40.5 Å². The van der Waals surface area contributed by atoms with E-state index in [9.17, 15) is 10.2 Å². The average molecular weight is 271 g/mol. The molecule has 1 saturated carbocycles. The standard InChI is InChI=1S/C18H20O2/c1-18-9-8-14-13-5-3-12(19)10-11(13)2-4-15(14)16(18)6-7-17(18)20/h2-5,10,16-17,19-20H,6-9H2,1H3/t16?,17-,18?/m0/s1/i7D2,10D. The summed E-state index contributed by atoms with van der Waals surface area (Å²) in [6.07, 6.45) is -0.689. The molecule has 0 bridgehead atoms. The zero-order valence-electron chi connectivity index (χ0n) is 14.5. The molecular formula is C18H20O2. The third kappa shape index (κ3) is 1.49. The number of phenols is 1. The molecule has 2 heteroatoms. The van der Waals surface area contributed by atoms with E-state index in [-0.39, 0.29) is 17.7 Å². The number of rotatable bonds is 0. The highest BCUT2D eigenvalue weighted by Crippen LogP contribution is 2.56. The second kappa shape index (κ2) is 3.98. The third-order valence-corrected chi connectivity index (χ3v) is 5.29. The van der Waals surface area contributed by atoms with Crippen LogP contribution in [0.25, 0.3) is 10.8 Å². The van der Waals surface area contributed by atoms with Gasteiger partial charge in [0, 0.05) is 8.16 Å². The number of aromatic hydroxyl groups is 1. The summed E-state index contributed by atoms with van der Waals surface area (Å²) < 4.78 is 24.3. The predicted octanol–water partition coefficient (Wildman–Crippen LogP) is 3.74. The number of phenolic OH excluding ortho intramolecular Hbond substituents is 1. The van der Waals surface area contributed by atoms with E-state index in [1.54, 1.807) is 6.07 Å². The number of aryl methyl sites for hydroxylation is 1. The van der Waals surface area contributed by atoms with Crippen molar-refractivity contribution in [1.29, 1.82) is 0 Å². The number of hydrogen-bond donors (Lipinski definition) is 2. The van der Waals surface area contributed by atoms with Gasteiger partial charge in [0.05, 0.1) is 7.47 Å². The molecule has 0 aliphatic heterocycles. The Hall–Kier alpha value is -1.54. The Morgan fingerprint density at radius 1 is 1.35 bits per heavy atom. The third-order valence-electron chi connectivity index (χ3n) is 5.29. The molecule has 0 saturated heterocycles. The Bertz CT molecular complexity index is 818. The summed E-state index contributed by atoms with van der Waals surface area (Å²) in [5, 5.41) is 21.9.